The maximum absolute atomic E-state index is 12.3. The van der Waals surface area contributed by atoms with Gasteiger partial charge in [-0.2, -0.15) is 0 Å². The van der Waals surface area contributed by atoms with Gasteiger partial charge in [0.25, 0.3) is 5.91 Å². The van der Waals surface area contributed by atoms with Crippen LogP contribution in [0.5, 0.6) is 11.5 Å². The lowest BCUT2D eigenvalue weighted by molar-refractivity contribution is -0.115. The molecule has 0 aliphatic carbocycles. The monoisotopic (exact) mass is 392 g/mol. The van der Waals surface area contributed by atoms with Crippen molar-refractivity contribution in [3.8, 4) is 11.5 Å². The number of hydrogen-bond acceptors (Lipinski definition) is 4. The molecule has 0 spiro atoms. The molecule has 6 nitrogen and oxygen atoms in total. The van der Waals surface area contributed by atoms with Gasteiger partial charge in [0.15, 0.2) is 0 Å². The number of carbonyl (C=O) groups is 2. The van der Waals surface area contributed by atoms with Gasteiger partial charge < -0.3 is 20.1 Å². The molecule has 126 valence electrons. The third-order valence-electron chi connectivity index (χ3n) is 3.21. The Morgan fingerprint density at radius 3 is 2.50 bits per heavy atom. The molecule has 0 bridgehead atoms. The van der Waals surface area contributed by atoms with E-state index in [1.165, 1.54) is 14.2 Å². The van der Waals surface area contributed by atoms with Crippen molar-refractivity contribution in [2.75, 3.05) is 26.1 Å². The first-order valence-electron chi connectivity index (χ1n) is 7.09. The summed E-state index contributed by atoms with van der Waals surface area (Å²) < 4.78 is 11.0. The highest BCUT2D eigenvalue weighted by molar-refractivity contribution is 9.10. The van der Waals surface area contributed by atoms with Crippen LogP contribution in [0.3, 0.4) is 0 Å². The molecule has 0 aliphatic rings. The normalized spacial score (nSPS) is 9.96. The number of para-hydroxylation sites is 1. The van der Waals surface area contributed by atoms with Gasteiger partial charge in [0.05, 0.1) is 32.0 Å². The third-order valence-corrected chi connectivity index (χ3v) is 3.90. The van der Waals surface area contributed by atoms with E-state index in [4.69, 9.17) is 9.47 Å². The quantitative estimate of drug-likeness (QED) is 0.792. The summed E-state index contributed by atoms with van der Waals surface area (Å²) in [4.78, 5) is 24.3. The molecule has 0 saturated heterocycles. The fourth-order valence-electron chi connectivity index (χ4n) is 2.00. The number of benzene rings is 2. The minimum atomic E-state index is -0.423. The average Bonchev–Trinajstić information content (AvgIpc) is 2.61. The summed E-state index contributed by atoms with van der Waals surface area (Å²) in [7, 11) is 2.98. The van der Waals surface area contributed by atoms with Gasteiger partial charge in [-0.15, -0.1) is 0 Å². The molecule has 7 heteroatoms. The second kappa shape index (κ2) is 8.35. The van der Waals surface area contributed by atoms with Gasteiger partial charge >= 0.3 is 0 Å². The zero-order chi connectivity index (χ0) is 17.5. The van der Waals surface area contributed by atoms with Crippen LogP contribution in [-0.2, 0) is 4.79 Å². The van der Waals surface area contributed by atoms with Crippen LogP contribution in [0.15, 0.2) is 46.9 Å². The summed E-state index contributed by atoms with van der Waals surface area (Å²) in [5, 5.41) is 5.27. The van der Waals surface area contributed by atoms with Crippen molar-refractivity contribution in [2.24, 2.45) is 0 Å². The number of carbonyl (C=O) groups excluding carboxylic acids is 2. The van der Waals surface area contributed by atoms with E-state index in [-0.39, 0.29) is 12.5 Å². The summed E-state index contributed by atoms with van der Waals surface area (Å²) >= 11 is 3.34. The first-order chi connectivity index (χ1) is 11.5. The Morgan fingerprint density at radius 1 is 1.08 bits per heavy atom. The molecule has 0 fully saturated rings. The molecule has 0 saturated carbocycles. The predicted molar refractivity (Wildman–Crippen MR) is 94.7 cm³/mol. The fraction of sp³-hybridized carbons (Fsp3) is 0.176. The van der Waals surface area contributed by atoms with Gasteiger partial charge in [-0.25, -0.2) is 0 Å². The molecule has 24 heavy (non-hydrogen) atoms. The first-order valence-corrected chi connectivity index (χ1v) is 7.89. The lowest BCUT2D eigenvalue weighted by atomic mass is 10.1. The van der Waals surface area contributed by atoms with Crippen LogP contribution in [0.1, 0.15) is 10.4 Å². The van der Waals surface area contributed by atoms with Gasteiger partial charge in [-0.05, 0) is 46.3 Å². The largest absolute Gasteiger partial charge is 0.497 e. The molecule has 2 amide bonds. The molecule has 0 aliphatic heterocycles. The summed E-state index contributed by atoms with van der Waals surface area (Å²) in [6, 6.07) is 12.1. The lowest BCUT2D eigenvalue weighted by Crippen LogP contribution is -2.33. The minimum Gasteiger partial charge on any atom is -0.497 e. The predicted octanol–water partition coefficient (Wildman–Crippen LogP) is 2.83. The molecule has 2 aromatic rings. The Labute approximate surface area is 148 Å². The number of methoxy groups -OCH3 is 2. The van der Waals surface area contributed by atoms with E-state index < -0.39 is 5.91 Å². The molecule has 2 N–H and O–H groups in total. The van der Waals surface area contributed by atoms with Crippen LogP contribution < -0.4 is 20.1 Å². The van der Waals surface area contributed by atoms with Crippen LogP contribution >= 0.6 is 15.9 Å². The topological polar surface area (TPSA) is 76.7 Å². The average molecular weight is 393 g/mol. The Hall–Kier alpha value is -2.54. The van der Waals surface area contributed by atoms with Crippen LogP contribution in [0.25, 0.3) is 0 Å². The van der Waals surface area contributed by atoms with Crippen LogP contribution in [-0.4, -0.2) is 32.6 Å². The Balaban J connectivity index is 2.00. The van der Waals surface area contributed by atoms with E-state index in [9.17, 15) is 9.59 Å². The molecule has 0 heterocycles. The van der Waals surface area contributed by atoms with E-state index in [0.717, 1.165) is 4.47 Å². The maximum Gasteiger partial charge on any atom is 0.255 e. The van der Waals surface area contributed by atoms with Crippen molar-refractivity contribution in [2.45, 2.75) is 0 Å². The number of nitrogens with one attached hydrogen (secondary N) is 2. The number of ether oxygens (including phenoxy) is 2. The molecule has 0 atom stereocenters. The second-order valence-electron chi connectivity index (χ2n) is 4.78. The summed E-state index contributed by atoms with van der Waals surface area (Å²) in [5.41, 5.74) is 0.932. The zero-order valence-corrected chi connectivity index (χ0v) is 14.8. The minimum absolute atomic E-state index is 0.166. The highest BCUT2D eigenvalue weighted by atomic mass is 79.9. The van der Waals surface area contributed by atoms with E-state index in [2.05, 4.69) is 26.6 Å². The molecule has 2 aromatic carbocycles. The van der Waals surface area contributed by atoms with Crippen molar-refractivity contribution in [1.29, 1.82) is 0 Å². The molecular weight excluding hydrogens is 376 g/mol. The molecule has 0 unspecified atom stereocenters. The summed E-state index contributed by atoms with van der Waals surface area (Å²) in [6.07, 6.45) is 0. The standard InChI is InChI=1S/C17H17BrN2O4/c1-23-11-7-8-15(24-2)12(9-11)17(22)19-10-16(21)20-14-6-4-3-5-13(14)18/h3-9H,10H2,1-2H3,(H,19,22)(H,20,21). The Kier molecular flexibility index (Phi) is 6.20. The maximum atomic E-state index is 12.3. The lowest BCUT2D eigenvalue weighted by Gasteiger charge is -2.11. The van der Waals surface area contributed by atoms with Crippen molar-refractivity contribution >= 4 is 33.4 Å². The molecule has 2 rings (SSSR count). The molecule has 0 aromatic heterocycles. The van der Waals surface area contributed by atoms with Gasteiger partial charge in [-0.1, -0.05) is 12.1 Å². The van der Waals surface area contributed by atoms with Crippen LogP contribution in [0, 0.1) is 0 Å². The number of rotatable bonds is 6. The van der Waals surface area contributed by atoms with Gasteiger partial charge in [0.2, 0.25) is 5.91 Å². The number of amides is 2. The van der Waals surface area contributed by atoms with Crippen LogP contribution in [0.2, 0.25) is 0 Å². The smallest absolute Gasteiger partial charge is 0.255 e. The van der Waals surface area contributed by atoms with Crippen molar-refractivity contribution < 1.29 is 19.1 Å². The number of halogens is 1. The van der Waals surface area contributed by atoms with E-state index in [1.807, 2.05) is 12.1 Å². The van der Waals surface area contributed by atoms with Crippen molar-refractivity contribution in [1.82, 2.24) is 5.32 Å². The van der Waals surface area contributed by atoms with Crippen molar-refractivity contribution in [3.63, 3.8) is 0 Å². The molecule has 0 radical (unpaired) electrons. The van der Waals surface area contributed by atoms with E-state index >= 15 is 0 Å². The van der Waals surface area contributed by atoms with Gasteiger partial charge in [-0.3, -0.25) is 9.59 Å². The van der Waals surface area contributed by atoms with Gasteiger partial charge in [0.1, 0.15) is 11.5 Å². The van der Waals surface area contributed by atoms with E-state index in [0.29, 0.717) is 22.7 Å². The SMILES string of the molecule is COc1ccc(OC)c(C(=O)NCC(=O)Nc2ccccc2Br)c1. The summed E-state index contributed by atoms with van der Waals surface area (Å²) in [6.45, 7) is -0.166. The zero-order valence-electron chi connectivity index (χ0n) is 13.3. The second-order valence-corrected chi connectivity index (χ2v) is 5.63. The first kappa shape index (κ1) is 17.8. The Morgan fingerprint density at radius 2 is 1.83 bits per heavy atom. The van der Waals surface area contributed by atoms with Crippen LogP contribution in [0.4, 0.5) is 5.69 Å². The molecular formula is C17H17BrN2O4. The van der Waals surface area contributed by atoms with Gasteiger partial charge in [0, 0.05) is 4.47 Å². The van der Waals surface area contributed by atoms with E-state index in [1.54, 1.807) is 30.3 Å². The Bertz CT molecular complexity index is 749. The highest BCUT2D eigenvalue weighted by Gasteiger charge is 2.15. The summed E-state index contributed by atoms with van der Waals surface area (Å²) in [5.74, 6) is 0.170. The number of anilines is 1. The highest BCUT2D eigenvalue weighted by Crippen LogP contribution is 2.24. The number of hydrogen-bond donors (Lipinski definition) is 2. The van der Waals surface area contributed by atoms with Crippen molar-refractivity contribution in [3.05, 3.63) is 52.5 Å². The fourth-order valence-corrected chi connectivity index (χ4v) is 2.39. The third kappa shape index (κ3) is 4.48.